The Hall–Kier alpha value is -0.930. The predicted molar refractivity (Wildman–Crippen MR) is 70.1 cm³/mol. The fraction of sp³-hybridized carbons (Fsp3) is 0.538. The maximum Gasteiger partial charge on any atom is 0.138 e. The van der Waals surface area contributed by atoms with E-state index in [1.54, 1.807) is 0 Å². The molecule has 0 radical (unpaired) electrons. The summed E-state index contributed by atoms with van der Waals surface area (Å²) < 4.78 is 10.9. The molecule has 1 saturated heterocycles. The first-order chi connectivity index (χ1) is 8.20. The van der Waals surface area contributed by atoms with Gasteiger partial charge in [0, 0.05) is 12.3 Å². The number of nitrogens with one attached hydrogen (secondary N) is 1. The van der Waals surface area contributed by atoms with Gasteiger partial charge in [-0.1, -0.05) is 11.6 Å². The van der Waals surface area contributed by atoms with Gasteiger partial charge < -0.3 is 14.8 Å². The van der Waals surface area contributed by atoms with E-state index in [-0.39, 0.29) is 6.10 Å². The van der Waals surface area contributed by atoms with Crippen molar-refractivity contribution < 1.29 is 9.47 Å². The molecular formula is C13H18ClNO2. The number of halogens is 1. The number of benzene rings is 1. The van der Waals surface area contributed by atoms with Crippen molar-refractivity contribution in [2.75, 3.05) is 18.5 Å². The first kappa shape index (κ1) is 12.5. The van der Waals surface area contributed by atoms with Gasteiger partial charge in [-0.3, -0.25) is 0 Å². The molecule has 1 aromatic rings. The van der Waals surface area contributed by atoms with E-state index < -0.39 is 0 Å². The van der Waals surface area contributed by atoms with Crippen LogP contribution in [0.3, 0.4) is 0 Å². The number of hydrogen-bond acceptors (Lipinski definition) is 3. The van der Waals surface area contributed by atoms with Gasteiger partial charge in [0.2, 0.25) is 0 Å². The third kappa shape index (κ3) is 3.05. The Morgan fingerprint density at radius 3 is 2.94 bits per heavy atom. The average molecular weight is 256 g/mol. The summed E-state index contributed by atoms with van der Waals surface area (Å²) in [6.45, 7) is 5.48. The third-order valence-corrected chi connectivity index (χ3v) is 3.26. The van der Waals surface area contributed by atoms with E-state index in [4.69, 9.17) is 21.1 Å². The monoisotopic (exact) mass is 255 g/mol. The van der Waals surface area contributed by atoms with Crippen molar-refractivity contribution in [3.8, 4) is 5.75 Å². The van der Waals surface area contributed by atoms with Crippen molar-refractivity contribution in [1.82, 2.24) is 0 Å². The molecule has 0 aliphatic carbocycles. The number of rotatable bonds is 4. The van der Waals surface area contributed by atoms with Gasteiger partial charge in [0.25, 0.3) is 0 Å². The minimum atomic E-state index is 0.250. The fourth-order valence-electron chi connectivity index (χ4n) is 2.00. The molecular weight excluding hydrogens is 238 g/mol. The predicted octanol–water partition coefficient (Wildman–Crippen LogP) is 3.33. The normalized spacial score (nSPS) is 23.7. The molecule has 0 aromatic heterocycles. The summed E-state index contributed by atoms with van der Waals surface area (Å²) in [4.78, 5) is 0. The lowest BCUT2D eigenvalue weighted by molar-refractivity contribution is 0.121. The van der Waals surface area contributed by atoms with E-state index >= 15 is 0 Å². The molecule has 94 valence electrons. The molecule has 2 atom stereocenters. The van der Waals surface area contributed by atoms with Gasteiger partial charge in [-0.25, -0.2) is 0 Å². The Morgan fingerprint density at radius 1 is 1.53 bits per heavy atom. The van der Waals surface area contributed by atoms with Crippen LogP contribution in [0.2, 0.25) is 5.02 Å². The second-order valence-corrected chi connectivity index (χ2v) is 4.60. The number of hydrogen-bond donors (Lipinski definition) is 1. The van der Waals surface area contributed by atoms with Crippen molar-refractivity contribution in [3.63, 3.8) is 0 Å². The molecule has 1 aliphatic rings. The summed E-state index contributed by atoms with van der Waals surface area (Å²) in [7, 11) is 0. The van der Waals surface area contributed by atoms with Gasteiger partial charge in [0.1, 0.15) is 5.75 Å². The molecule has 1 aliphatic heterocycles. The zero-order chi connectivity index (χ0) is 12.3. The molecule has 1 aromatic carbocycles. The van der Waals surface area contributed by atoms with E-state index in [0.29, 0.717) is 17.7 Å². The molecule has 2 rings (SSSR count). The van der Waals surface area contributed by atoms with Crippen molar-refractivity contribution >= 4 is 17.3 Å². The summed E-state index contributed by atoms with van der Waals surface area (Å²) in [5.41, 5.74) is 1.01. The van der Waals surface area contributed by atoms with Gasteiger partial charge in [0.05, 0.1) is 23.8 Å². The van der Waals surface area contributed by atoms with Crippen molar-refractivity contribution in [3.05, 3.63) is 23.2 Å². The van der Waals surface area contributed by atoms with Crippen LogP contribution in [-0.4, -0.2) is 25.4 Å². The average Bonchev–Trinajstić information content (AvgIpc) is 2.69. The third-order valence-electron chi connectivity index (χ3n) is 2.96. The first-order valence-corrected chi connectivity index (χ1v) is 6.39. The Morgan fingerprint density at radius 2 is 2.35 bits per heavy atom. The van der Waals surface area contributed by atoms with E-state index in [2.05, 4.69) is 12.2 Å². The zero-order valence-electron chi connectivity index (χ0n) is 10.2. The highest BCUT2D eigenvalue weighted by Crippen LogP contribution is 2.29. The van der Waals surface area contributed by atoms with E-state index in [0.717, 1.165) is 24.5 Å². The van der Waals surface area contributed by atoms with Crippen molar-refractivity contribution in [2.45, 2.75) is 32.4 Å². The molecule has 3 nitrogen and oxygen atoms in total. The second kappa shape index (κ2) is 5.61. The van der Waals surface area contributed by atoms with Crippen molar-refractivity contribution in [1.29, 1.82) is 0 Å². The lowest BCUT2D eigenvalue weighted by Crippen LogP contribution is -2.26. The molecule has 1 heterocycles. The largest absolute Gasteiger partial charge is 0.492 e. The summed E-state index contributed by atoms with van der Waals surface area (Å²) >= 11 is 6.13. The number of ether oxygens (including phenoxy) is 2. The Bertz CT molecular complexity index is 384. The molecule has 0 bridgehead atoms. The highest BCUT2D eigenvalue weighted by Gasteiger charge is 2.23. The molecule has 0 amide bonds. The standard InChI is InChI=1S/C13H18ClNO2/c1-3-16-13-5-4-10(8-11(13)14)15-12-6-7-17-9(12)2/h4-5,8-9,12,15H,3,6-7H2,1-2H3. The molecule has 0 saturated carbocycles. The van der Waals surface area contributed by atoms with Crippen molar-refractivity contribution in [2.24, 2.45) is 0 Å². The van der Waals surface area contributed by atoms with E-state index in [1.807, 2.05) is 25.1 Å². The van der Waals surface area contributed by atoms with Crippen LogP contribution >= 0.6 is 11.6 Å². The highest BCUT2D eigenvalue weighted by molar-refractivity contribution is 6.32. The molecule has 17 heavy (non-hydrogen) atoms. The SMILES string of the molecule is CCOc1ccc(NC2CCOC2C)cc1Cl. The second-order valence-electron chi connectivity index (χ2n) is 4.19. The van der Waals surface area contributed by atoms with Crippen LogP contribution in [-0.2, 0) is 4.74 Å². The fourth-order valence-corrected chi connectivity index (χ4v) is 2.23. The van der Waals surface area contributed by atoms with Gasteiger partial charge >= 0.3 is 0 Å². The first-order valence-electron chi connectivity index (χ1n) is 6.01. The molecule has 0 spiro atoms. The maximum absolute atomic E-state index is 6.13. The van der Waals surface area contributed by atoms with Gasteiger partial charge in [-0.05, 0) is 38.5 Å². The van der Waals surface area contributed by atoms with Crippen LogP contribution in [0.1, 0.15) is 20.3 Å². The van der Waals surface area contributed by atoms with Crippen LogP contribution in [0.4, 0.5) is 5.69 Å². The summed E-state index contributed by atoms with van der Waals surface area (Å²) in [5.74, 6) is 0.732. The van der Waals surface area contributed by atoms with Crippen LogP contribution < -0.4 is 10.1 Å². The van der Waals surface area contributed by atoms with Crippen LogP contribution in [0.25, 0.3) is 0 Å². The summed E-state index contributed by atoms with van der Waals surface area (Å²) in [6.07, 6.45) is 1.28. The number of anilines is 1. The smallest absolute Gasteiger partial charge is 0.138 e. The Kier molecular flexibility index (Phi) is 4.13. The topological polar surface area (TPSA) is 30.5 Å². The molecule has 1 fully saturated rings. The van der Waals surface area contributed by atoms with E-state index in [1.165, 1.54) is 0 Å². The van der Waals surface area contributed by atoms with Gasteiger partial charge in [-0.15, -0.1) is 0 Å². The van der Waals surface area contributed by atoms with Crippen LogP contribution in [0, 0.1) is 0 Å². The Balaban J connectivity index is 2.04. The minimum absolute atomic E-state index is 0.250. The van der Waals surface area contributed by atoms with Gasteiger partial charge in [0.15, 0.2) is 0 Å². The zero-order valence-corrected chi connectivity index (χ0v) is 11.0. The van der Waals surface area contributed by atoms with E-state index in [9.17, 15) is 0 Å². The Labute approximate surface area is 107 Å². The van der Waals surface area contributed by atoms with Crippen LogP contribution in [0.5, 0.6) is 5.75 Å². The maximum atomic E-state index is 6.13. The summed E-state index contributed by atoms with van der Waals surface area (Å²) in [5, 5.41) is 4.08. The lowest BCUT2D eigenvalue weighted by Gasteiger charge is -2.18. The highest BCUT2D eigenvalue weighted by atomic mass is 35.5. The summed E-state index contributed by atoms with van der Waals surface area (Å²) in [6, 6.07) is 6.15. The lowest BCUT2D eigenvalue weighted by atomic mass is 10.1. The molecule has 2 unspecified atom stereocenters. The molecule has 4 heteroatoms. The minimum Gasteiger partial charge on any atom is -0.492 e. The quantitative estimate of drug-likeness (QED) is 0.895. The van der Waals surface area contributed by atoms with Gasteiger partial charge in [-0.2, -0.15) is 0 Å². The molecule has 1 N–H and O–H groups in total. The van der Waals surface area contributed by atoms with Crippen LogP contribution in [0.15, 0.2) is 18.2 Å².